The summed E-state index contributed by atoms with van der Waals surface area (Å²) in [5.74, 6) is 0.526. The number of benzene rings is 1. The Morgan fingerprint density at radius 1 is 1.44 bits per heavy atom. The highest BCUT2D eigenvalue weighted by molar-refractivity contribution is 6.31. The Labute approximate surface area is 114 Å². The van der Waals surface area contributed by atoms with Gasteiger partial charge in [0.1, 0.15) is 0 Å². The van der Waals surface area contributed by atoms with E-state index in [0.717, 1.165) is 12.0 Å². The van der Waals surface area contributed by atoms with Crippen molar-refractivity contribution in [2.45, 2.75) is 26.3 Å². The summed E-state index contributed by atoms with van der Waals surface area (Å²) in [6.45, 7) is 3.23. The lowest BCUT2D eigenvalue weighted by Gasteiger charge is -2.19. The normalized spacial score (nSPS) is 12.2. The van der Waals surface area contributed by atoms with Crippen molar-refractivity contribution in [3.8, 4) is 0 Å². The molecule has 0 heterocycles. The molecule has 4 heteroatoms. The number of nitrogens with two attached hydrogens (primary N) is 1. The summed E-state index contributed by atoms with van der Waals surface area (Å²) in [6, 6.07) is 7.59. The van der Waals surface area contributed by atoms with Gasteiger partial charge < -0.3 is 10.6 Å². The molecule has 1 aromatic carbocycles. The van der Waals surface area contributed by atoms with Crippen LogP contribution in [0.4, 0.5) is 0 Å². The molecule has 18 heavy (non-hydrogen) atoms. The maximum absolute atomic E-state index is 11.9. The summed E-state index contributed by atoms with van der Waals surface area (Å²) in [6.07, 6.45) is 1.38. The Bertz CT molecular complexity index is 395. The van der Waals surface area contributed by atoms with Crippen molar-refractivity contribution in [1.29, 1.82) is 0 Å². The van der Waals surface area contributed by atoms with Crippen molar-refractivity contribution >= 4 is 17.5 Å². The van der Waals surface area contributed by atoms with E-state index in [9.17, 15) is 4.79 Å². The number of amides is 1. The van der Waals surface area contributed by atoms with Crippen molar-refractivity contribution < 1.29 is 4.79 Å². The predicted molar refractivity (Wildman–Crippen MR) is 75.4 cm³/mol. The van der Waals surface area contributed by atoms with E-state index in [1.54, 1.807) is 11.9 Å². The zero-order chi connectivity index (χ0) is 13.5. The number of rotatable bonds is 6. The van der Waals surface area contributed by atoms with Gasteiger partial charge in [-0.05, 0) is 30.5 Å². The molecule has 1 rings (SSSR count). The van der Waals surface area contributed by atoms with E-state index in [0.29, 0.717) is 30.5 Å². The average molecular weight is 269 g/mol. The Hall–Kier alpha value is -1.06. The molecule has 100 valence electrons. The number of carbonyl (C=O) groups is 1. The molecular weight excluding hydrogens is 248 g/mol. The van der Waals surface area contributed by atoms with Gasteiger partial charge in [0.05, 0.1) is 0 Å². The number of carbonyl (C=O) groups excluding carboxylic acids is 1. The summed E-state index contributed by atoms with van der Waals surface area (Å²) >= 11 is 6.07. The van der Waals surface area contributed by atoms with Gasteiger partial charge in [0.15, 0.2) is 0 Å². The van der Waals surface area contributed by atoms with Crippen molar-refractivity contribution in [1.82, 2.24) is 4.90 Å². The van der Waals surface area contributed by atoms with Gasteiger partial charge in [-0.25, -0.2) is 0 Å². The molecule has 0 radical (unpaired) electrons. The highest BCUT2D eigenvalue weighted by atomic mass is 35.5. The highest BCUT2D eigenvalue weighted by Crippen LogP contribution is 2.17. The lowest BCUT2D eigenvalue weighted by atomic mass is 10.1. The minimum Gasteiger partial charge on any atom is -0.341 e. The van der Waals surface area contributed by atoms with Crippen LogP contribution >= 0.6 is 11.6 Å². The molecule has 1 aromatic rings. The van der Waals surface area contributed by atoms with Gasteiger partial charge in [0.25, 0.3) is 0 Å². The molecule has 1 atom stereocenters. The zero-order valence-electron chi connectivity index (χ0n) is 11.0. The molecule has 1 amide bonds. The van der Waals surface area contributed by atoms with Crippen LogP contribution in [0.2, 0.25) is 5.02 Å². The topological polar surface area (TPSA) is 46.3 Å². The lowest BCUT2D eigenvalue weighted by molar-refractivity contribution is -0.130. The third-order valence-corrected chi connectivity index (χ3v) is 3.41. The van der Waals surface area contributed by atoms with E-state index in [2.05, 4.69) is 6.92 Å². The third kappa shape index (κ3) is 4.67. The van der Waals surface area contributed by atoms with Crippen LogP contribution in [0.1, 0.15) is 25.3 Å². The predicted octanol–water partition coefficient (Wildman–Crippen LogP) is 2.67. The van der Waals surface area contributed by atoms with Gasteiger partial charge >= 0.3 is 0 Å². The van der Waals surface area contributed by atoms with Gasteiger partial charge in [0.2, 0.25) is 5.91 Å². The first kappa shape index (κ1) is 15.0. The highest BCUT2D eigenvalue weighted by Gasteiger charge is 2.12. The van der Waals surface area contributed by atoms with E-state index >= 15 is 0 Å². The van der Waals surface area contributed by atoms with Crippen LogP contribution in [0.3, 0.4) is 0 Å². The molecule has 0 saturated heterocycles. The molecule has 0 aliphatic rings. The largest absolute Gasteiger partial charge is 0.341 e. The van der Waals surface area contributed by atoms with Gasteiger partial charge in [-0.15, -0.1) is 0 Å². The quantitative estimate of drug-likeness (QED) is 0.862. The molecule has 0 saturated carbocycles. The van der Waals surface area contributed by atoms with Crippen molar-refractivity contribution in [2.24, 2.45) is 11.7 Å². The molecule has 0 aliphatic carbocycles. The van der Waals surface area contributed by atoms with Crippen LogP contribution in [0.5, 0.6) is 0 Å². The smallest absolute Gasteiger partial charge is 0.222 e. The van der Waals surface area contributed by atoms with Gasteiger partial charge in [-0.2, -0.15) is 0 Å². The Balaban J connectivity index is 2.47. The molecule has 0 bridgehead atoms. The first-order chi connectivity index (χ1) is 8.54. The van der Waals surface area contributed by atoms with E-state index in [-0.39, 0.29) is 5.91 Å². The Kier molecular flexibility index (Phi) is 6.16. The molecule has 1 unspecified atom stereocenters. The molecule has 0 aromatic heterocycles. The van der Waals surface area contributed by atoms with Gasteiger partial charge in [-0.1, -0.05) is 36.7 Å². The number of hydrogen-bond acceptors (Lipinski definition) is 2. The maximum atomic E-state index is 11.9. The SMILES string of the molecule is CC(CN)CCC(=O)N(C)Cc1ccccc1Cl. The van der Waals surface area contributed by atoms with E-state index in [1.807, 2.05) is 24.3 Å². The minimum atomic E-state index is 0.134. The fourth-order valence-corrected chi connectivity index (χ4v) is 1.84. The van der Waals surface area contributed by atoms with Crippen LogP contribution in [0.25, 0.3) is 0 Å². The molecule has 3 nitrogen and oxygen atoms in total. The fourth-order valence-electron chi connectivity index (χ4n) is 1.65. The van der Waals surface area contributed by atoms with Crippen LogP contribution in [0.15, 0.2) is 24.3 Å². The Morgan fingerprint density at radius 2 is 2.11 bits per heavy atom. The Morgan fingerprint density at radius 3 is 2.72 bits per heavy atom. The van der Waals surface area contributed by atoms with Crippen molar-refractivity contribution in [3.63, 3.8) is 0 Å². The second-order valence-electron chi connectivity index (χ2n) is 4.72. The molecule has 0 spiro atoms. The summed E-state index contributed by atoms with van der Waals surface area (Å²) in [5, 5.41) is 0.701. The molecule has 0 aliphatic heterocycles. The number of hydrogen-bond donors (Lipinski definition) is 1. The third-order valence-electron chi connectivity index (χ3n) is 3.04. The van der Waals surface area contributed by atoms with Crippen LogP contribution in [-0.4, -0.2) is 24.4 Å². The minimum absolute atomic E-state index is 0.134. The first-order valence-corrected chi connectivity index (χ1v) is 6.59. The standard InChI is InChI=1S/C14H21ClN2O/c1-11(9-16)7-8-14(18)17(2)10-12-5-3-4-6-13(12)15/h3-6,11H,7-10,16H2,1-2H3. The van der Waals surface area contributed by atoms with Crippen LogP contribution in [-0.2, 0) is 11.3 Å². The summed E-state index contributed by atoms with van der Waals surface area (Å²) in [7, 11) is 1.80. The summed E-state index contributed by atoms with van der Waals surface area (Å²) < 4.78 is 0. The fraction of sp³-hybridized carbons (Fsp3) is 0.500. The van der Waals surface area contributed by atoms with Crippen molar-refractivity contribution in [3.05, 3.63) is 34.9 Å². The van der Waals surface area contributed by atoms with E-state index in [1.165, 1.54) is 0 Å². The van der Waals surface area contributed by atoms with Crippen LogP contribution in [0, 0.1) is 5.92 Å². The second-order valence-corrected chi connectivity index (χ2v) is 5.13. The van der Waals surface area contributed by atoms with E-state index < -0.39 is 0 Å². The second kappa shape index (κ2) is 7.39. The molecular formula is C14H21ClN2O. The lowest BCUT2D eigenvalue weighted by Crippen LogP contribution is -2.27. The number of nitrogens with zero attached hydrogens (tertiary/aromatic N) is 1. The van der Waals surface area contributed by atoms with Crippen molar-refractivity contribution in [2.75, 3.05) is 13.6 Å². The summed E-state index contributed by atoms with van der Waals surface area (Å²) in [5.41, 5.74) is 6.51. The molecule has 2 N–H and O–H groups in total. The monoisotopic (exact) mass is 268 g/mol. The number of halogens is 1. The van der Waals surface area contributed by atoms with Gasteiger partial charge in [0, 0.05) is 25.0 Å². The molecule has 0 fully saturated rings. The average Bonchev–Trinajstić information content (AvgIpc) is 2.38. The maximum Gasteiger partial charge on any atom is 0.222 e. The summed E-state index contributed by atoms with van der Waals surface area (Å²) in [4.78, 5) is 13.6. The van der Waals surface area contributed by atoms with Gasteiger partial charge in [-0.3, -0.25) is 4.79 Å². The van der Waals surface area contributed by atoms with E-state index in [4.69, 9.17) is 17.3 Å². The van der Waals surface area contributed by atoms with Crippen LogP contribution < -0.4 is 5.73 Å². The first-order valence-electron chi connectivity index (χ1n) is 6.22. The zero-order valence-corrected chi connectivity index (χ0v) is 11.8.